The van der Waals surface area contributed by atoms with Crippen LogP contribution in [0, 0.1) is 25.5 Å². The summed E-state index contributed by atoms with van der Waals surface area (Å²) in [5.74, 6) is -2.57. The van der Waals surface area contributed by atoms with Crippen LogP contribution in [0.25, 0.3) is 5.57 Å². The molecular formula is C20H17F2NO2S2. The van der Waals surface area contributed by atoms with Crippen LogP contribution in [0.1, 0.15) is 28.2 Å². The molecule has 0 spiro atoms. The maximum Gasteiger partial charge on any atom is 0.243 e. The molecule has 1 aliphatic rings. The van der Waals surface area contributed by atoms with Gasteiger partial charge in [-0.25, -0.2) is 22.3 Å². The maximum absolute atomic E-state index is 14.1. The summed E-state index contributed by atoms with van der Waals surface area (Å²) < 4.78 is 50.8. The monoisotopic (exact) mass is 405 g/mol. The molecule has 0 fully saturated rings. The van der Waals surface area contributed by atoms with E-state index >= 15 is 0 Å². The van der Waals surface area contributed by atoms with E-state index in [2.05, 4.69) is 6.07 Å². The van der Waals surface area contributed by atoms with Crippen molar-refractivity contribution in [2.75, 3.05) is 0 Å². The van der Waals surface area contributed by atoms with Crippen LogP contribution in [-0.2, 0) is 10.0 Å². The molecule has 2 aromatic rings. The number of benzene rings is 2. The second kappa shape index (κ2) is 7.07. The molecule has 0 aromatic heterocycles. The van der Waals surface area contributed by atoms with E-state index < -0.39 is 26.6 Å². The fourth-order valence-corrected chi connectivity index (χ4v) is 4.23. The molecule has 140 valence electrons. The first-order valence-electron chi connectivity index (χ1n) is 8.10. The third-order valence-electron chi connectivity index (χ3n) is 4.29. The van der Waals surface area contributed by atoms with Gasteiger partial charge in [0.2, 0.25) is 10.0 Å². The van der Waals surface area contributed by atoms with Gasteiger partial charge in [0, 0.05) is 10.8 Å². The molecule has 0 saturated carbocycles. The van der Waals surface area contributed by atoms with Crippen molar-refractivity contribution in [2.45, 2.75) is 24.7 Å². The summed E-state index contributed by atoms with van der Waals surface area (Å²) in [6.45, 7) is 4.01. The topological polar surface area (TPSA) is 60.2 Å². The normalized spacial score (nSPS) is 17.1. The molecule has 2 aromatic carbocycles. The van der Waals surface area contributed by atoms with Gasteiger partial charge in [0.25, 0.3) is 0 Å². The van der Waals surface area contributed by atoms with Crippen molar-refractivity contribution in [1.29, 1.82) is 0 Å². The third-order valence-corrected chi connectivity index (χ3v) is 5.62. The zero-order chi connectivity index (χ0) is 19.9. The number of hydrogen-bond donors (Lipinski definition) is 1. The van der Waals surface area contributed by atoms with Gasteiger partial charge in [-0.15, -0.1) is 0 Å². The number of thiocarbonyl (C=S) groups is 1. The van der Waals surface area contributed by atoms with Crippen LogP contribution < -0.4 is 5.14 Å². The highest BCUT2D eigenvalue weighted by atomic mass is 32.2. The Kier molecular flexibility index (Phi) is 5.12. The quantitative estimate of drug-likeness (QED) is 0.773. The summed E-state index contributed by atoms with van der Waals surface area (Å²) >= 11 is 5.49. The lowest BCUT2D eigenvalue weighted by molar-refractivity contribution is 0.519. The Labute approximate surface area is 162 Å². The summed E-state index contributed by atoms with van der Waals surface area (Å²) in [7, 11) is -4.49. The number of aryl methyl sites for hydroxylation is 2. The van der Waals surface area contributed by atoms with Crippen LogP contribution in [0.15, 0.2) is 53.5 Å². The summed E-state index contributed by atoms with van der Waals surface area (Å²) in [5, 5.41) is 4.86. The lowest BCUT2D eigenvalue weighted by Gasteiger charge is -2.19. The van der Waals surface area contributed by atoms with Crippen molar-refractivity contribution in [3.63, 3.8) is 0 Å². The molecule has 1 aliphatic carbocycles. The van der Waals surface area contributed by atoms with Gasteiger partial charge >= 0.3 is 0 Å². The van der Waals surface area contributed by atoms with Gasteiger partial charge in [-0.05, 0) is 48.8 Å². The number of halogens is 2. The first-order chi connectivity index (χ1) is 12.6. The summed E-state index contributed by atoms with van der Waals surface area (Å²) in [6.07, 6.45) is 5.26. The van der Waals surface area contributed by atoms with Crippen molar-refractivity contribution in [2.24, 2.45) is 5.14 Å². The maximum atomic E-state index is 14.1. The molecule has 1 atom stereocenters. The summed E-state index contributed by atoms with van der Waals surface area (Å²) in [4.78, 5) is -0.531. The zero-order valence-corrected chi connectivity index (χ0v) is 16.3. The van der Waals surface area contributed by atoms with Crippen LogP contribution >= 0.6 is 12.2 Å². The minimum Gasteiger partial charge on any atom is -0.224 e. The standard InChI is InChI=1S/C20H17F2NO2S2/c1-11-5-12(2)7-15(6-11)16-4-3-13(10-19(16)26)14-8-17(21)20(18(22)9-14)27(23,24)25/h3-10,16H,1-2H3,(H2,23,24,25). The molecule has 0 amide bonds. The minimum absolute atomic E-state index is 0.110. The van der Waals surface area contributed by atoms with Gasteiger partial charge in [0.15, 0.2) is 4.90 Å². The second-order valence-electron chi connectivity index (χ2n) is 6.57. The third kappa shape index (κ3) is 4.05. The lowest BCUT2D eigenvalue weighted by atomic mass is 9.87. The summed E-state index contributed by atoms with van der Waals surface area (Å²) in [5.41, 5.74) is 3.98. The number of sulfonamides is 1. The molecule has 3 nitrogen and oxygen atoms in total. The summed E-state index contributed by atoms with van der Waals surface area (Å²) in [6, 6.07) is 8.05. The minimum atomic E-state index is -4.49. The van der Waals surface area contributed by atoms with E-state index in [4.69, 9.17) is 17.4 Å². The Morgan fingerprint density at radius 3 is 2.04 bits per heavy atom. The first kappa shape index (κ1) is 19.5. The largest absolute Gasteiger partial charge is 0.243 e. The van der Waals surface area contributed by atoms with Gasteiger partial charge in [-0.3, -0.25) is 0 Å². The van der Waals surface area contributed by atoms with Gasteiger partial charge < -0.3 is 0 Å². The van der Waals surface area contributed by atoms with Gasteiger partial charge in [-0.1, -0.05) is 53.7 Å². The van der Waals surface area contributed by atoms with Crippen LogP contribution in [0.4, 0.5) is 8.78 Å². The van der Waals surface area contributed by atoms with Crippen LogP contribution in [0.3, 0.4) is 0 Å². The average molecular weight is 405 g/mol. The molecular weight excluding hydrogens is 388 g/mol. The fourth-order valence-electron chi connectivity index (χ4n) is 3.23. The highest BCUT2D eigenvalue weighted by Gasteiger charge is 2.23. The molecule has 7 heteroatoms. The number of allylic oxidation sites excluding steroid dienone is 4. The van der Waals surface area contributed by atoms with Crippen LogP contribution in [0.5, 0.6) is 0 Å². The van der Waals surface area contributed by atoms with E-state index in [1.807, 2.05) is 32.1 Å². The predicted octanol–water partition coefficient (Wildman–Crippen LogP) is 4.34. The molecule has 0 bridgehead atoms. The van der Waals surface area contributed by atoms with E-state index in [1.54, 1.807) is 12.2 Å². The van der Waals surface area contributed by atoms with E-state index in [9.17, 15) is 17.2 Å². The Bertz CT molecular complexity index is 1080. The Morgan fingerprint density at radius 1 is 1.00 bits per heavy atom. The fraction of sp³-hybridized carbons (Fsp3) is 0.150. The van der Waals surface area contributed by atoms with Crippen molar-refractivity contribution in [3.8, 4) is 0 Å². The predicted molar refractivity (Wildman–Crippen MR) is 106 cm³/mol. The highest BCUT2D eigenvalue weighted by molar-refractivity contribution is 7.89. The van der Waals surface area contributed by atoms with Crippen molar-refractivity contribution < 1.29 is 17.2 Å². The first-order valence-corrected chi connectivity index (χ1v) is 10.1. The Hall–Kier alpha value is -2.22. The van der Waals surface area contributed by atoms with Crippen molar-refractivity contribution in [3.05, 3.63) is 82.4 Å². The second-order valence-corrected chi connectivity index (χ2v) is 8.54. The van der Waals surface area contributed by atoms with E-state index in [1.165, 1.54) is 0 Å². The molecule has 1 unspecified atom stereocenters. The van der Waals surface area contributed by atoms with Gasteiger partial charge in [0.05, 0.1) is 0 Å². The molecule has 0 radical (unpaired) electrons. The number of hydrogen-bond acceptors (Lipinski definition) is 3. The van der Waals surface area contributed by atoms with Gasteiger partial charge in [0.1, 0.15) is 11.6 Å². The SMILES string of the molecule is Cc1cc(C)cc(C2C=CC(c3cc(F)c(S(N)(=O)=O)c(F)c3)=CC2=S)c1. The van der Waals surface area contributed by atoms with Gasteiger partial charge in [-0.2, -0.15) is 0 Å². The van der Waals surface area contributed by atoms with E-state index in [-0.39, 0.29) is 11.5 Å². The van der Waals surface area contributed by atoms with Crippen molar-refractivity contribution in [1.82, 2.24) is 0 Å². The molecule has 0 aliphatic heterocycles. The lowest BCUT2D eigenvalue weighted by Crippen LogP contribution is -2.16. The molecule has 0 heterocycles. The number of nitrogens with two attached hydrogens (primary N) is 1. The molecule has 27 heavy (non-hydrogen) atoms. The van der Waals surface area contributed by atoms with E-state index in [0.717, 1.165) is 28.8 Å². The molecule has 2 N–H and O–H groups in total. The van der Waals surface area contributed by atoms with Crippen LogP contribution in [-0.4, -0.2) is 13.3 Å². The number of primary sulfonamides is 1. The zero-order valence-electron chi connectivity index (χ0n) is 14.7. The highest BCUT2D eigenvalue weighted by Crippen LogP contribution is 2.32. The Morgan fingerprint density at radius 2 is 1.56 bits per heavy atom. The Balaban J connectivity index is 1.98. The van der Waals surface area contributed by atoms with E-state index in [0.29, 0.717) is 10.4 Å². The molecule has 3 rings (SSSR count). The number of rotatable bonds is 3. The smallest absolute Gasteiger partial charge is 0.224 e. The molecule has 0 saturated heterocycles. The van der Waals surface area contributed by atoms with Crippen LogP contribution in [0.2, 0.25) is 0 Å². The average Bonchev–Trinajstić information content (AvgIpc) is 2.51. The van der Waals surface area contributed by atoms with Crippen molar-refractivity contribution >= 4 is 32.7 Å².